The van der Waals surface area contributed by atoms with Crippen molar-refractivity contribution in [2.45, 2.75) is 25.2 Å². The van der Waals surface area contributed by atoms with E-state index in [0.717, 1.165) is 45.8 Å². The molecule has 3 aromatic rings. The number of pyridine rings is 1. The first-order valence-electron chi connectivity index (χ1n) is 9.63. The quantitative estimate of drug-likeness (QED) is 0.665. The number of fused-ring (bicyclic) bond motifs is 2. The molecular formula is C22H23BN2O3. The normalized spacial score (nSPS) is 15.1. The zero-order valence-corrected chi connectivity index (χ0v) is 15.7. The molecule has 6 heteroatoms. The van der Waals surface area contributed by atoms with Crippen molar-refractivity contribution in [1.82, 2.24) is 4.98 Å². The number of hydrogen-bond acceptors (Lipinski definition) is 5. The highest BCUT2D eigenvalue weighted by molar-refractivity contribution is 6.60. The first-order valence-corrected chi connectivity index (χ1v) is 9.63. The Bertz CT molecular complexity index is 1010. The molecule has 0 saturated heterocycles. The van der Waals surface area contributed by atoms with E-state index in [4.69, 9.17) is 10.4 Å². The van der Waals surface area contributed by atoms with Crippen LogP contribution >= 0.6 is 0 Å². The van der Waals surface area contributed by atoms with E-state index in [-0.39, 0.29) is 18.2 Å². The van der Waals surface area contributed by atoms with E-state index in [1.54, 1.807) is 6.20 Å². The molecule has 1 atom stereocenters. The minimum Gasteiger partial charge on any atom is -0.423 e. The second-order valence-electron chi connectivity index (χ2n) is 7.27. The Morgan fingerprint density at radius 3 is 2.96 bits per heavy atom. The summed E-state index contributed by atoms with van der Waals surface area (Å²) in [5, 5.41) is 12.2. The van der Waals surface area contributed by atoms with Crippen LogP contribution in [0.5, 0.6) is 0 Å². The molecule has 1 aromatic heterocycles. The Morgan fingerprint density at radius 1 is 1.21 bits per heavy atom. The Morgan fingerprint density at radius 2 is 2.11 bits per heavy atom. The third-order valence-electron chi connectivity index (χ3n) is 5.41. The first kappa shape index (κ1) is 18.8. The zero-order valence-electron chi connectivity index (χ0n) is 15.7. The third-order valence-corrected chi connectivity index (χ3v) is 5.41. The maximum atomic E-state index is 13.0. The Hall–Kier alpha value is -2.54. The molecular weight excluding hydrogens is 351 g/mol. The summed E-state index contributed by atoms with van der Waals surface area (Å²) in [6.07, 6.45) is 5.58. The first-order chi connectivity index (χ1) is 13.7. The smallest absolute Gasteiger partial charge is 0.423 e. The van der Waals surface area contributed by atoms with Crippen molar-refractivity contribution in [1.29, 1.82) is 0 Å². The largest absolute Gasteiger partial charge is 0.491 e. The van der Waals surface area contributed by atoms with Gasteiger partial charge < -0.3 is 15.4 Å². The van der Waals surface area contributed by atoms with Crippen LogP contribution in [-0.2, 0) is 22.3 Å². The predicted molar refractivity (Wildman–Crippen MR) is 111 cm³/mol. The van der Waals surface area contributed by atoms with Gasteiger partial charge in [-0.1, -0.05) is 36.4 Å². The highest BCUT2D eigenvalue weighted by Crippen LogP contribution is 2.22. The number of benzene rings is 2. The van der Waals surface area contributed by atoms with Crippen molar-refractivity contribution in [3.8, 4) is 0 Å². The summed E-state index contributed by atoms with van der Waals surface area (Å²) in [5.41, 5.74) is 9.68. The van der Waals surface area contributed by atoms with Gasteiger partial charge in [-0.3, -0.25) is 9.78 Å². The van der Waals surface area contributed by atoms with E-state index >= 15 is 0 Å². The molecule has 2 heterocycles. The number of rotatable bonds is 5. The summed E-state index contributed by atoms with van der Waals surface area (Å²) in [6.45, 7) is 0.788. The van der Waals surface area contributed by atoms with Gasteiger partial charge in [0.15, 0.2) is 0 Å². The summed E-state index contributed by atoms with van der Waals surface area (Å²) in [5.74, 6) is -0.263. The van der Waals surface area contributed by atoms with E-state index in [0.29, 0.717) is 13.0 Å². The lowest BCUT2D eigenvalue weighted by molar-refractivity contribution is -0.119. The molecule has 2 aromatic carbocycles. The summed E-state index contributed by atoms with van der Waals surface area (Å²) in [7, 11) is -0.898. The maximum absolute atomic E-state index is 13.0. The number of aryl methyl sites for hydroxylation is 1. The fraction of sp³-hybridized carbons (Fsp3) is 0.273. The molecule has 5 nitrogen and oxygen atoms in total. The van der Waals surface area contributed by atoms with Crippen LogP contribution in [0.1, 0.15) is 29.0 Å². The van der Waals surface area contributed by atoms with E-state index < -0.39 is 7.12 Å². The number of carbonyl (C=O) groups excluding carboxylic acids is 1. The van der Waals surface area contributed by atoms with Crippen molar-refractivity contribution < 1.29 is 14.5 Å². The average molecular weight is 374 g/mol. The van der Waals surface area contributed by atoms with E-state index in [9.17, 15) is 9.82 Å². The van der Waals surface area contributed by atoms with E-state index in [1.165, 1.54) is 0 Å². The average Bonchev–Trinajstić information content (AvgIpc) is 2.89. The zero-order chi connectivity index (χ0) is 19.5. The number of hydrogen-bond donors (Lipinski definition) is 2. The van der Waals surface area contributed by atoms with Gasteiger partial charge in [-0.2, -0.15) is 0 Å². The lowest BCUT2D eigenvalue weighted by atomic mass is 9.75. The van der Waals surface area contributed by atoms with Crippen LogP contribution in [-0.4, -0.2) is 36.1 Å². The topological polar surface area (TPSA) is 85.4 Å². The Kier molecular flexibility index (Phi) is 5.53. The molecule has 3 N–H and O–H groups in total. The monoisotopic (exact) mass is 374 g/mol. The number of ketones is 1. The van der Waals surface area contributed by atoms with Crippen LogP contribution in [0.25, 0.3) is 10.8 Å². The highest BCUT2D eigenvalue weighted by atomic mass is 16.5. The number of nitrogens with two attached hydrogens (primary N) is 1. The minimum absolute atomic E-state index is 0.0984. The van der Waals surface area contributed by atoms with Crippen LogP contribution < -0.4 is 11.2 Å². The minimum atomic E-state index is -0.898. The molecule has 0 radical (unpaired) electrons. The number of Topliss-reactive ketones (excluding diaryl/α,β-unsaturated/α-hetero) is 1. The van der Waals surface area contributed by atoms with Crippen molar-refractivity contribution >= 4 is 29.1 Å². The Labute approximate surface area is 164 Å². The number of nitrogens with zero attached hydrogens (tertiary/aromatic N) is 1. The van der Waals surface area contributed by atoms with Gasteiger partial charge in [0.25, 0.3) is 0 Å². The van der Waals surface area contributed by atoms with E-state index in [1.807, 2.05) is 48.7 Å². The molecule has 0 fully saturated rings. The van der Waals surface area contributed by atoms with E-state index in [2.05, 4.69) is 4.98 Å². The van der Waals surface area contributed by atoms with Gasteiger partial charge in [-0.15, -0.1) is 0 Å². The predicted octanol–water partition coefficient (Wildman–Crippen LogP) is 1.74. The molecule has 0 amide bonds. The van der Waals surface area contributed by atoms with Crippen molar-refractivity contribution in [2.75, 3.05) is 13.2 Å². The molecule has 28 heavy (non-hydrogen) atoms. The number of aromatic nitrogens is 1. The molecule has 0 aliphatic carbocycles. The van der Waals surface area contributed by atoms with Crippen molar-refractivity contribution in [3.63, 3.8) is 0 Å². The van der Waals surface area contributed by atoms with Gasteiger partial charge in [-0.25, -0.2) is 0 Å². The fourth-order valence-corrected chi connectivity index (χ4v) is 3.87. The number of carbonyl (C=O) groups is 1. The van der Waals surface area contributed by atoms with Gasteiger partial charge in [0, 0.05) is 37.4 Å². The second-order valence-corrected chi connectivity index (χ2v) is 7.27. The molecule has 0 spiro atoms. The van der Waals surface area contributed by atoms with Crippen LogP contribution in [0, 0.1) is 0 Å². The molecule has 1 aliphatic heterocycles. The lowest BCUT2D eigenvalue weighted by Gasteiger charge is -2.17. The molecule has 4 rings (SSSR count). The van der Waals surface area contributed by atoms with Gasteiger partial charge in [0.1, 0.15) is 5.78 Å². The van der Waals surface area contributed by atoms with Crippen LogP contribution in [0.2, 0.25) is 0 Å². The third kappa shape index (κ3) is 3.85. The molecule has 142 valence electrons. The second kappa shape index (κ2) is 8.23. The van der Waals surface area contributed by atoms with Crippen LogP contribution in [0.4, 0.5) is 0 Å². The highest BCUT2D eigenvalue weighted by Gasteiger charge is 2.26. The molecule has 1 aliphatic rings. The van der Waals surface area contributed by atoms with Crippen LogP contribution in [0.3, 0.4) is 0 Å². The van der Waals surface area contributed by atoms with Gasteiger partial charge in [0.05, 0.1) is 5.92 Å². The lowest BCUT2D eigenvalue weighted by Crippen LogP contribution is -2.35. The summed E-state index contributed by atoms with van der Waals surface area (Å²) in [6, 6.07) is 13.7. The SMILES string of the molecule is NCC(C(=O)Cc1ccc2cnccc2c1)c1ccc2c(c1)CCCOB2O. The van der Waals surface area contributed by atoms with Gasteiger partial charge in [-0.05, 0) is 46.4 Å². The van der Waals surface area contributed by atoms with Gasteiger partial charge in [0.2, 0.25) is 0 Å². The standard InChI is InChI=1S/C22H23BN2O3/c24-13-20(17-5-6-21-18(12-17)2-1-9-28-23(21)27)22(26)11-15-3-4-19-14-25-8-7-16(19)10-15/h3-8,10,12,14,20,27H,1-2,9,11,13,24H2. The van der Waals surface area contributed by atoms with Crippen molar-refractivity contribution in [2.24, 2.45) is 5.73 Å². The molecule has 0 bridgehead atoms. The molecule has 1 unspecified atom stereocenters. The summed E-state index contributed by atoms with van der Waals surface area (Å²) in [4.78, 5) is 17.1. The van der Waals surface area contributed by atoms with Crippen LogP contribution in [0.15, 0.2) is 54.9 Å². The van der Waals surface area contributed by atoms with Crippen molar-refractivity contribution in [3.05, 3.63) is 71.5 Å². The maximum Gasteiger partial charge on any atom is 0.491 e. The fourth-order valence-electron chi connectivity index (χ4n) is 3.87. The van der Waals surface area contributed by atoms with Gasteiger partial charge >= 0.3 is 7.12 Å². The summed E-state index contributed by atoms with van der Waals surface area (Å²) >= 11 is 0. The summed E-state index contributed by atoms with van der Waals surface area (Å²) < 4.78 is 5.38. The Balaban J connectivity index is 1.57. The molecule has 0 saturated carbocycles.